The molecule has 5 rings (SSSR count). The van der Waals surface area contributed by atoms with E-state index in [0.717, 1.165) is 44.7 Å². The van der Waals surface area contributed by atoms with Crippen LogP contribution in [0.3, 0.4) is 0 Å². The Balaban J connectivity index is 1.43. The lowest BCUT2D eigenvalue weighted by Gasteiger charge is -2.55. The number of pyridine rings is 1. The van der Waals surface area contributed by atoms with E-state index in [2.05, 4.69) is 60.0 Å². The number of hydrogen-bond donors (Lipinski definition) is 1. The van der Waals surface area contributed by atoms with Crippen molar-refractivity contribution in [3.05, 3.63) is 65.2 Å². The van der Waals surface area contributed by atoms with Gasteiger partial charge in [0, 0.05) is 49.7 Å². The Morgan fingerprint density at radius 1 is 1.14 bits per heavy atom. The minimum Gasteiger partial charge on any atom is -0.381 e. The van der Waals surface area contributed by atoms with Crippen molar-refractivity contribution < 1.29 is 19.1 Å². The van der Waals surface area contributed by atoms with E-state index in [-0.39, 0.29) is 18.1 Å². The summed E-state index contributed by atoms with van der Waals surface area (Å²) >= 11 is 0. The van der Waals surface area contributed by atoms with Crippen LogP contribution >= 0.6 is 0 Å². The first-order valence-electron chi connectivity index (χ1n) is 12.8. The Morgan fingerprint density at radius 3 is 2.53 bits per heavy atom. The first-order chi connectivity index (χ1) is 17.3. The van der Waals surface area contributed by atoms with E-state index in [9.17, 15) is 5.11 Å². The molecule has 1 N–H and O–H groups in total. The quantitative estimate of drug-likeness (QED) is 0.502. The predicted molar refractivity (Wildman–Crippen MR) is 135 cm³/mol. The highest BCUT2D eigenvalue weighted by Gasteiger charge is 2.55. The van der Waals surface area contributed by atoms with E-state index in [1.165, 1.54) is 5.56 Å². The van der Waals surface area contributed by atoms with Crippen LogP contribution in [0.2, 0.25) is 0 Å². The summed E-state index contributed by atoms with van der Waals surface area (Å²) in [4.78, 5) is 11.2. The molecule has 192 valence electrons. The first-order valence-corrected chi connectivity index (χ1v) is 12.8. The van der Waals surface area contributed by atoms with Gasteiger partial charge in [-0.3, -0.25) is 4.98 Å². The average Bonchev–Trinajstić information content (AvgIpc) is 3.36. The number of likely N-dealkylation sites (tertiary alicyclic amines) is 1. The number of benzene rings is 1. The van der Waals surface area contributed by atoms with E-state index in [0.29, 0.717) is 28.8 Å². The molecule has 0 amide bonds. The van der Waals surface area contributed by atoms with Gasteiger partial charge in [0.2, 0.25) is 0 Å². The molecule has 2 aliphatic heterocycles. The Hall–Kier alpha value is -2.65. The van der Waals surface area contributed by atoms with Crippen LogP contribution in [-0.2, 0) is 21.7 Å². The van der Waals surface area contributed by atoms with Crippen LogP contribution in [0, 0.1) is 5.41 Å². The minimum atomic E-state index is -1.23. The first kappa shape index (κ1) is 25.0. The molecule has 2 saturated heterocycles. The molecule has 8 nitrogen and oxygen atoms in total. The Labute approximate surface area is 212 Å². The van der Waals surface area contributed by atoms with Crippen molar-refractivity contribution in [2.45, 2.75) is 57.8 Å². The molecule has 1 aromatic carbocycles. The summed E-state index contributed by atoms with van der Waals surface area (Å²) < 4.78 is 16.9. The normalized spacial score (nSPS) is 20.3. The monoisotopic (exact) mass is 492 g/mol. The smallest absolute Gasteiger partial charge is 0.259 e. The predicted octanol–water partition coefficient (Wildman–Crippen LogP) is 4.14. The molecule has 0 spiro atoms. The zero-order valence-corrected chi connectivity index (χ0v) is 21.6. The highest BCUT2D eigenvalue weighted by atomic mass is 16.5. The average molecular weight is 493 g/mol. The van der Waals surface area contributed by atoms with Gasteiger partial charge in [0.1, 0.15) is 12.2 Å². The molecular formula is C28H36N4O4. The van der Waals surface area contributed by atoms with Gasteiger partial charge in [-0.25, -0.2) is 0 Å². The molecule has 3 aromatic rings. The standard InChI is InChI=1S/C28H36N4O4/c1-19(2)20-5-7-22(8-6-20)28(33,27(3)17-32(4)18-27)23-13-21(14-29-15-23)26-30-25(31-36-26)16-35-24-9-11-34-12-10-24/h5-8,13-15,19,24,33H,9-12,16-18H2,1-4H3/t28-/m0/s1. The lowest BCUT2D eigenvalue weighted by Crippen LogP contribution is -2.63. The third kappa shape index (κ3) is 4.70. The van der Waals surface area contributed by atoms with E-state index in [1.54, 1.807) is 12.4 Å². The molecule has 36 heavy (non-hydrogen) atoms. The summed E-state index contributed by atoms with van der Waals surface area (Å²) in [6, 6.07) is 10.2. The van der Waals surface area contributed by atoms with Crippen molar-refractivity contribution in [3.63, 3.8) is 0 Å². The Kier molecular flexibility index (Phi) is 6.96. The fourth-order valence-electron chi connectivity index (χ4n) is 5.57. The van der Waals surface area contributed by atoms with Crippen molar-refractivity contribution >= 4 is 0 Å². The van der Waals surface area contributed by atoms with Crippen LogP contribution in [0.4, 0.5) is 0 Å². The summed E-state index contributed by atoms with van der Waals surface area (Å²) in [5.41, 5.74) is 1.88. The molecule has 1 atom stereocenters. The number of aromatic nitrogens is 3. The molecule has 0 unspecified atom stereocenters. The highest BCUT2D eigenvalue weighted by molar-refractivity contribution is 5.55. The molecule has 2 aromatic heterocycles. The summed E-state index contributed by atoms with van der Waals surface area (Å²) in [5, 5.41) is 16.5. The molecule has 2 fully saturated rings. The number of ether oxygens (including phenoxy) is 2. The molecule has 0 radical (unpaired) electrons. The number of hydrogen-bond acceptors (Lipinski definition) is 8. The van der Waals surface area contributed by atoms with Crippen molar-refractivity contribution in [1.29, 1.82) is 0 Å². The lowest BCUT2D eigenvalue weighted by molar-refractivity contribution is -0.127. The van der Waals surface area contributed by atoms with E-state index >= 15 is 0 Å². The van der Waals surface area contributed by atoms with Gasteiger partial charge in [-0.1, -0.05) is 50.2 Å². The van der Waals surface area contributed by atoms with Crippen LogP contribution in [0.1, 0.15) is 62.0 Å². The number of rotatable bonds is 8. The second-order valence-electron chi connectivity index (χ2n) is 10.8. The fourth-order valence-corrected chi connectivity index (χ4v) is 5.57. The lowest BCUT2D eigenvalue weighted by atomic mass is 9.62. The molecule has 2 aliphatic rings. The van der Waals surface area contributed by atoms with Gasteiger partial charge in [-0.2, -0.15) is 4.98 Å². The fraction of sp³-hybridized carbons (Fsp3) is 0.536. The summed E-state index contributed by atoms with van der Waals surface area (Å²) in [6.45, 7) is 9.75. The van der Waals surface area contributed by atoms with Crippen LogP contribution in [0.5, 0.6) is 0 Å². The minimum absolute atomic E-state index is 0.157. The number of aliphatic hydroxyl groups is 1. The maximum absolute atomic E-state index is 12.4. The van der Waals surface area contributed by atoms with Crippen LogP contribution in [-0.4, -0.2) is 64.6 Å². The van der Waals surface area contributed by atoms with Gasteiger partial charge in [-0.15, -0.1) is 0 Å². The van der Waals surface area contributed by atoms with Crippen LogP contribution in [0.15, 0.2) is 47.2 Å². The molecule has 0 saturated carbocycles. The van der Waals surface area contributed by atoms with Gasteiger partial charge in [0.25, 0.3) is 5.89 Å². The van der Waals surface area contributed by atoms with Gasteiger partial charge in [0.05, 0.1) is 11.7 Å². The van der Waals surface area contributed by atoms with E-state index in [1.807, 2.05) is 18.2 Å². The third-order valence-electron chi connectivity index (χ3n) is 7.59. The maximum Gasteiger partial charge on any atom is 0.259 e. The molecule has 8 heteroatoms. The van der Waals surface area contributed by atoms with Crippen molar-refractivity contribution in [2.75, 3.05) is 33.4 Å². The maximum atomic E-state index is 12.4. The molecule has 0 aliphatic carbocycles. The zero-order valence-electron chi connectivity index (χ0n) is 21.6. The summed E-state index contributed by atoms with van der Waals surface area (Å²) in [5.74, 6) is 1.28. The molecule has 0 bridgehead atoms. The van der Waals surface area contributed by atoms with Crippen molar-refractivity contribution in [1.82, 2.24) is 20.0 Å². The van der Waals surface area contributed by atoms with Gasteiger partial charge in [-0.05, 0) is 43.0 Å². The second kappa shape index (κ2) is 10.0. The van der Waals surface area contributed by atoms with Crippen LogP contribution < -0.4 is 0 Å². The second-order valence-corrected chi connectivity index (χ2v) is 10.8. The largest absolute Gasteiger partial charge is 0.381 e. The topological polar surface area (TPSA) is 93.7 Å². The summed E-state index contributed by atoms with van der Waals surface area (Å²) in [6.07, 6.45) is 5.35. The van der Waals surface area contributed by atoms with Crippen LogP contribution in [0.25, 0.3) is 11.5 Å². The van der Waals surface area contributed by atoms with Gasteiger partial charge >= 0.3 is 0 Å². The van der Waals surface area contributed by atoms with E-state index < -0.39 is 5.60 Å². The van der Waals surface area contributed by atoms with Crippen molar-refractivity contribution in [2.24, 2.45) is 5.41 Å². The third-order valence-corrected chi connectivity index (χ3v) is 7.59. The zero-order chi connectivity index (χ0) is 25.3. The Bertz CT molecular complexity index is 1170. The summed E-state index contributed by atoms with van der Waals surface area (Å²) in [7, 11) is 2.07. The van der Waals surface area contributed by atoms with Crippen molar-refractivity contribution in [3.8, 4) is 11.5 Å². The van der Waals surface area contributed by atoms with E-state index in [4.69, 9.17) is 14.0 Å². The molecular weight excluding hydrogens is 456 g/mol. The molecule has 4 heterocycles. The van der Waals surface area contributed by atoms with Gasteiger partial charge in [0.15, 0.2) is 5.82 Å². The highest BCUT2D eigenvalue weighted by Crippen LogP contribution is 2.50. The Morgan fingerprint density at radius 2 is 1.86 bits per heavy atom. The number of nitrogens with zero attached hydrogens (tertiary/aromatic N) is 4. The van der Waals surface area contributed by atoms with Gasteiger partial charge < -0.3 is 24.0 Å². The SMILES string of the molecule is CC(C)c1ccc([C@](O)(c2cncc(-c3nc(COC4CCOCC4)no3)c2)C2(C)CN(C)C2)cc1.